The normalized spacial score (nSPS) is 11.0. The summed E-state index contributed by atoms with van der Waals surface area (Å²) < 4.78 is 2.88. The molecule has 3 nitrogen and oxygen atoms in total. The number of rotatable bonds is 4. The van der Waals surface area contributed by atoms with Crippen LogP contribution < -0.4 is 0 Å². The largest absolute Gasteiger partial charge is 0.340 e. The highest BCUT2D eigenvalue weighted by Gasteiger charge is 2.19. The minimum absolute atomic E-state index is 0.0191. The Morgan fingerprint density at radius 1 is 1.38 bits per heavy atom. The average Bonchev–Trinajstić information content (AvgIpc) is 2.82. The van der Waals surface area contributed by atoms with E-state index in [2.05, 4.69) is 29.8 Å². The third-order valence-corrected chi connectivity index (χ3v) is 4.11. The van der Waals surface area contributed by atoms with Crippen LogP contribution in [0.3, 0.4) is 0 Å². The SMILES string of the molecule is CC(C)n1cc(Br)cc1C(=O)N(C)Cc1ccccc1Cl. The average molecular weight is 370 g/mol. The summed E-state index contributed by atoms with van der Waals surface area (Å²) in [6.07, 6.45) is 1.93. The Labute approximate surface area is 138 Å². The van der Waals surface area contributed by atoms with E-state index in [9.17, 15) is 4.79 Å². The van der Waals surface area contributed by atoms with Crippen LogP contribution in [-0.2, 0) is 6.54 Å². The van der Waals surface area contributed by atoms with Crippen LogP contribution in [-0.4, -0.2) is 22.4 Å². The molecule has 0 N–H and O–H groups in total. The van der Waals surface area contributed by atoms with Gasteiger partial charge in [-0.05, 0) is 47.5 Å². The van der Waals surface area contributed by atoms with Crippen molar-refractivity contribution in [2.45, 2.75) is 26.4 Å². The summed E-state index contributed by atoms with van der Waals surface area (Å²) in [5, 5.41) is 0.678. The van der Waals surface area contributed by atoms with Crippen LogP contribution in [0.1, 0.15) is 35.9 Å². The predicted molar refractivity (Wildman–Crippen MR) is 89.8 cm³/mol. The maximum Gasteiger partial charge on any atom is 0.270 e. The Hall–Kier alpha value is -1.26. The molecular weight excluding hydrogens is 352 g/mol. The van der Waals surface area contributed by atoms with Crippen molar-refractivity contribution in [3.8, 4) is 0 Å². The zero-order valence-corrected chi connectivity index (χ0v) is 14.6. The van der Waals surface area contributed by atoms with Gasteiger partial charge < -0.3 is 9.47 Å². The first kappa shape index (κ1) is 16.1. The van der Waals surface area contributed by atoms with Gasteiger partial charge in [-0.1, -0.05) is 29.8 Å². The summed E-state index contributed by atoms with van der Waals surface area (Å²) in [6.45, 7) is 4.59. The van der Waals surface area contributed by atoms with Gasteiger partial charge in [0.15, 0.2) is 0 Å². The molecule has 1 amide bonds. The number of hydrogen-bond acceptors (Lipinski definition) is 1. The Bertz CT molecular complexity index is 651. The topological polar surface area (TPSA) is 25.2 Å². The number of carbonyl (C=O) groups excluding carboxylic acids is 1. The van der Waals surface area contributed by atoms with Gasteiger partial charge in [-0.15, -0.1) is 0 Å². The number of hydrogen-bond donors (Lipinski definition) is 0. The van der Waals surface area contributed by atoms with Crippen molar-refractivity contribution in [3.63, 3.8) is 0 Å². The molecule has 0 atom stereocenters. The van der Waals surface area contributed by atoms with E-state index >= 15 is 0 Å². The van der Waals surface area contributed by atoms with Crippen LogP contribution in [0.25, 0.3) is 0 Å². The van der Waals surface area contributed by atoms with Gasteiger partial charge in [0.25, 0.3) is 5.91 Å². The van der Waals surface area contributed by atoms with Gasteiger partial charge in [-0.2, -0.15) is 0 Å². The van der Waals surface area contributed by atoms with Crippen molar-refractivity contribution < 1.29 is 4.79 Å². The van der Waals surface area contributed by atoms with Crippen LogP contribution in [0.2, 0.25) is 5.02 Å². The first-order valence-electron chi connectivity index (χ1n) is 6.76. The van der Waals surface area contributed by atoms with E-state index in [1.807, 2.05) is 41.1 Å². The summed E-state index contributed by atoms with van der Waals surface area (Å²) in [5.74, 6) is -0.0191. The molecule has 112 valence electrons. The zero-order chi connectivity index (χ0) is 15.6. The molecule has 0 aliphatic heterocycles. The minimum Gasteiger partial charge on any atom is -0.340 e. The van der Waals surface area contributed by atoms with Crippen LogP contribution in [0.15, 0.2) is 41.0 Å². The first-order chi connectivity index (χ1) is 9.90. The number of nitrogens with zero attached hydrogens (tertiary/aromatic N) is 2. The van der Waals surface area contributed by atoms with Gasteiger partial charge in [0.05, 0.1) is 0 Å². The molecule has 0 aliphatic carbocycles. The molecular formula is C16H18BrClN2O. The molecule has 1 aromatic carbocycles. The van der Waals surface area contributed by atoms with Gasteiger partial charge in [-0.25, -0.2) is 0 Å². The summed E-state index contributed by atoms with van der Waals surface area (Å²) in [6, 6.07) is 9.66. The maximum absolute atomic E-state index is 12.6. The Kier molecular flexibility index (Phi) is 5.12. The molecule has 0 radical (unpaired) electrons. The molecule has 1 aromatic heterocycles. The highest BCUT2D eigenvalue weighted by molar-refractivity contribution is 9.10. The molecule has 2 aromatic rings. The second-order valence-electron chi connectivity index (χ2n) is 5.30. The van der Waals surface area contributed by atoms with E-state index in [4.69, 9.17) is 11.6 Å². The lowest BCUT2D eigenvalue weighted by molar-refractivity contribution is 0.0773. The first-order valence-corrected chi connectivity index (χ1v) is 7.93. The van der Waals surface area contributed by atoms with Crippen molar-refractivity contribution in [1.29, 1.82) is 0 Å². The smallest absolute Gasteiger partial charge is 0.270 e. The Morgan fingerprint density at radius 3 is 2.67 bits per heavy atom. The molecule has 21 heavy (non-hydrogen) atoms. The predicted octanol–water partition coefficient (Wildman–Crippen LogP) is 4.76. The van der Waals surface area contributed by atoms with E-state index in [0.717, 1.165) is 10.0 Å². The van der Waals surface area contributed by atoms with Crippen molar-refractivity contribution in [1.82, 2.24) is 9.47 Å². The van der Waals surface area contributed by atoms with Crippen LogP contribution in [0.5, 0.6) is 0 Å². The fraction of sp³-hybridized carbons (Fsp3) is 0.312. The lowest BCUT2D eigenvalue weighted by Crippen LogP contribution is -2.28. The molecule has 0 unspecified atom stereocenters. The van der Waals surface area contributed by atoms with Crippen LogP contribution in [0, 0.1) is 0 Å². The van der Waals surface area contributed by atoms with Crippen LogP contribution >= 0.6 is 27.5 Å². The van der Waals surface area contributed by atoms with Gasteiger partial charge in [0.1, 0.15) is 5.69 Å². The van der Waals surface area contributed by atoms with Gasteiger partial charge >= 0.3 is 0 Å². The fourth-order valence-corrected chi connectivity index (χ4v) is 2.83. The fourth-order valence-electron chi connectivity index (χ4n) is 2.19. The third-order valence-electron chi connectivity index (χ3n) is 3.30. The van der Waals surface area contributed by atoms with E-state index in [0.29, 0.717) is 17.3 Å². The molecule has 0 saturated carbocycles. The quantitative estimate of drug-likeness (QED) is 0.763. The summed E-state index contributed by atoms with van der Waals surface area (Å²) in [4.78, 5) is 14.3. The lowest BCUT2D eigenvalue weighted by Gasteiger charge is -2.20. The molecule has 2 rings (SSSR count). The molecule has 0 saturated heterocycles. The number of carbonyl (C=O) groups is 1. The van der Waals surface area contributed by atoms with Gasteiger partial charge in [0.2, 0.25) is 0 Å². The van der Waals surface area contributed by atoms with Crippen LogP contribution in [0.4, 0.5) is 0 Å². The summed E-state index contributed by atoms with van der Waals surface area (Å²) in [7, 11) is 1.79. The standard InChI is InChI=1S/C16H18BrClN2O/c1-11(2)20-10-13(17)8-15(20)16(21)19(3)9-12-6-4-5-7-14(12)18/h4-8,10-11H,9H2,1-3H3. The van der Waals surface area contributed by atoms with E-state index in [1.165, 1.54) is 0 Å². The molecule has 0 fully saturated rings. The Balaban J connectivity index is 2.22. The lowest BCUT2D eigenvalue weighted by atomic mass is 10.2. The van der Waals surface area contributed by atoms with Crippen molar-refractivity contribution >= 4 is 33.4 Å². The highest BCUT2D eigenvalue weighted by atomic mass is 79.9. The molecule has 5 heteroatoms. The van der Waals surface area contributed by atoms with Crippen molar-refractivity contribution in [2.24, 2.45) is 0 Å². The number of amides is 1. The maximum atomic E-state index is 12.6. The molecule has 1 heterocycles. The summed E-state index contributed by atoms with van der Waals surface area (Å²) in [5.41, 5.74) is 1.61. The number of halogens is 2. The van der Waals surface area contributed by atoms with Gasteiger partial charge in [0, 0.05) is 35.3 Å². The molecule has 0 aliphatic rings. The number of aromatic nitrogens is 1. The molecule has 0 bridgehead atoms. The zero-order valence-electron chi connectivity index (χ0n) is 12.3. The molecule has 0 spiro atoms. The summed E-state index contributed by atoms with van der Waals surface area (Å²) >= 11 is 9.59. The van der Waals surface area contributed by atoms with E-state index < -0.39 is 0 Å². The minimum atomic E-state index is -0.0191. The van der Waals surface area contributed by atoms with Crippen molar-refractivity contribution in [2.75, 3.05) is 7.05 Å². The Morgan fingerprint density at radius 2 is 2.05 bits per heavy atom. The highest BCUT2D eigenvalue weighted by Crippen LogP contribution is 2.22. The van der Waals surface area contributed by atoms with Gasteiger partial charge in [-0.3, -0.25) is 4.79 Å². The number of benzene rings is 1. The third kappa shape index (κ3) is 3.69. The second kappa shape index (κ2) is 6.67. The second-order valence-corrected chi connectivity index (χ2v) is 6.62. The van der Waals surface area contributed by atoms with E-state index in [-0.39, 0.29) is 11.9 Å². The van der Waals surface area contributed by atoms with E-state index in [1.54, 1.807) is 11.9 Å². The van der Waals surface area contributed by atoms with Crippen molar-refractivity contribution in [3.05, 3.63) is 57.3 Å². The monoisotopic (exact) mass is 368 g/mol.